The highest BCUT2D eigenvalue weighted by Gasteiger charge is 2.25. The molecule has 1 aliphatic heterocycles. The van der Waals surface area contributed by atoms with Gasteiger partial charge in [-0.25, -0.2) is 0 Å². The van der Waals surface area contributed by atoms with Gasteiger partial charge in [-0.1, -0.05) is 12.1 Å². The van der Waals surface area contributed by atoms with E-state index < -0.39 is 0 Å². The van der Waals surface area contributed by atoms with E-state index in [1.807, 2.05) is 31.2 Å². The van der Waals surface area contributed by atoms with Crippen LogP contribution in [0.25, 0.3) is 0 Å². The molecule has 1 amide bonds. The van der Waals surface area contributed by atoms with Crippen molar-refractivity contribution in [3.63, 3.8) is 0 Å². The molecule has 0 saturated carbocycles. The third-order valence-electron chi connectivity index (χ3n) is 3.29. The number of rotatable bonds is 3. The number of carbonyl (C=O) groups is 1. The summed E-state index contributed by atoms with van der Waals surface area (Å²) in [6, 6.07) is 7.66. The highest BCUT2D eigenvalue weighted by molar-refractivity contribution is 5.92. The third kappa shape index (κ3) is 3.31. The quantitative estimate of drug-likeness (QED) is 0.858. The van der Waals surface area contributed by atoms with Gasteiger partial charge in [-0.05, 0) is 37.5 Å². The highest BCUT2D eigenvalue weighted by Crippen LogP contribution is 2.22. The molecule has 4 nitrogen and oxygen atoms in total. The molecule has 1 aromatic rings. The van der Waals surface area contributed by atoms with E-state index in [4.69, 9.17) is 10.5 Å². The molecular weight excluding hydrogens is 228 g/mol. The fraction of sp³-hybridized carbons (Fsp3) is 0.500. The molecule has 0 aliphatic carbocycles. The zero-order chi connectivity index (χ0) is 13.0. The Morgan fingerprint density at radius 1 is 1.56 bits per heavy atom. The van der Waals surface area contributed by atoms with Crippen LogP contribution in [0.15, 0.2) is 24.3 Å². The van der Waals surface area contributed by atoms with Crippen LogP contribution in [0, 0.1) is 5.92 Å². The van der Waals surface area contributed by atoms with E-state index in [1.54, 1.807) is 0 Å². The largest absolute Gasteiger partial charge is 0.378 e. The molecule has 1 aromatic carbocycles. The molecule has 1 aliphatic rings. The molecular formula is C14H20N2O2. The van der Waals surface area contributed by atoms with Crippen molar-refractivity contribution < 1.29 is 9.53 Å². The van der Waals surface area contributed by atoms with Gasteiger partial charge >= 0.3 is 0 Å². The van der Waals surface area contributed by atoms with Crippen molar-refractivity contribution in [2.75, 3.05) is 11.9 Å². The van der Waals surface area contributed by atoms with E-state index in [-0.39, 0.29) is 17.9 Å². The average Bonchev–Trinajstić information content (AvgIpc) is 2.39. The first kappa shape index (κ1) is 13.1. The van der Waals surface area contributed by atoms with Crippen LogP contribution in [0.2, 0.25) is 0 Å². The van der Waals surface area contributed by atoms with Crippen molar-refractivity contribution >= 4 is 11.6 Å². The third-order valence-corrected chi connectivity index (χ3v) is 3.29. The standard InChI is InChI=1S/C14H20N2O2/c1-10-7-12(5-6-18-10)14(17)16-13-4-2-3-11(8-13)9-15/h2-4,8,10,12H,5-7,9,15H2,1H3,(H,16,17)/t10-,12+/m1/s1. The first-order valence-corrected chi connectivity index (χ1v) is 6.40. The Bertz CT molecular complexity index is 420. The van der Waals surface area contributed by atoms with Crippen molar-refractivity contribution in [3.05, 3.63) is 29.8 Å². The Labute approximate surface area is 108 Å². The zero-order valence-electron chi connectivity index (χ0n) is 10.7. The van der Waals surface area contributed by atoms with Crippen molar-refractivity contribution in [2.24, 2.45) is 11.7 Å². The van der Waals surface area contributed by atoms with Gasteiger partial charge in [-0.2, -0.15) is 0 Å². The molecule has 2 rings (SSSR count). The van der Waals surface area contributed by atoms with Crippen molar-refractivity contribution in [2.45, 2.75) is 32.4 Å². The summed E-state index contributed by atoms with van der Waals surface area (Å²) in [6.07, 6.45) is 1.76. The number of amides is 1. The maximum Gasteiger partial charge on any atom is 0.227 e. The molecule has 4 heteroatoms. The number of nitrogens with two attached hydrogens (primary N) is 1. The number of anilines is 1. The molecule has 1 fully saturated rings. The predicted molar refractivity (Wildman–Crippen MR) is 71.1 cm³/mol. The number of benzene rings is 1. The van der Waals surface area contributed by atoms with Crippen molar-refractivity contribution in [3.8, 4) is 0 Å². The summed E-state index contributed by atoms with van der Waals surface area (Å²) in [5.74, 6) is 0.134. The normalized spacial score (nSPS) is 23.7. The SMILES string of the molecule is C[C@@H]1C[C@@H](C(=O)Nc2cccc(CN)c2)CCO1. The van der Waals surface area contributed by atoms with Gasteiger partial charge in [-0.15, -0.1) is 0 Å². The lowest BCUT2D eigenvalue weighted by Crippen LogP contribution is -2.32. The smallest absolute Gasteiger partial charge is 0.227 e. The fourth-order valence-corrected chi connectivity index (χ4v) is 2.26. The maximum absolute atomic E-state index is 12.1. The molecule has 18 heavy (non-hydrogen) atoms. The van der Waals surface area contributed by atoms with Gasteiger partial charge in [0.15, 0.2) is 0 Å². The monoisotopic (exact) mass is 248 g/mol. The molecule has 1 saturated heterocycles. The number of hydrogen-bond donors (Lipinski definition) is 2. The van der Waals surface area contributed by atoms with Gasteiger partial charge in [0.05, 0.1) is 6.10 Å². The van der Waals surface area contributed by atoms with Crippen molar-refractivity contribution in [1.29, 1.82) is 0 Å². The van der Waals surface area contributed by atoms with Gasteiger partial charge in [0.2, 0.25) is 5.91 Å². The van der Waals surface area contributed by atoms with Gasteiger partial charge in [0.25, 0.3) is 0 Å². The topological polar surface area (TPSA) is 64.4 Å². The van der Waals surface area contributed by atoms with E-state index in [0.29, 0.717) is 13.2 Å². The second kappa shape index (κ2) is 5.98. The maximum atomic E-state index is 12.1. The molecule has 0 aromatic heterocycles. The van der Waals surface area contributed by atoms with E-state index >= 15 is 0 Å². The summed E-state index contributed by atoms with van der Waals surface area (Å²) >= 11 is 0. The Morgan fingerprint density at radius 3 is 3.11 bits per heavy atom. The first-order valence-electron chi connectivity index (χ1n) is 6.40. The van der Waals surface area contributed by atoms with Crippen LogP contribution in [0.3, 0.4) is 0 Å². The summed E-state index contributed by atoms with van der Waals surface area (Å²) in [7, 11) is 0. The lowest BCUT2D eigenvalue weighted by molar-refractivity contribution is -0.124. The number of carbonyl (C=O) groups excluding carboxylic acids is 1. The molecule has 98 valence electrons. The van der Waals surface area contributed by atoms with Crippen LogP contribution in [0.4, 0.5) is 5.69 Å². The average molecular weight is 248 g/mol. The Balaban J connectivity index is 1.97. The van der Waals surface area contributed by atoms with Crippen LogP contribution < -0.4 is 11.1 Å². The molecule has 2 atom stereocenters. The second-order valence-electron chi connectivity index (χ2n) is 4.80. The van der Waals surface area contributed by atoms with E-state index in [0.717, 1.165) is 24.1 Å². The Kier molecular flexibility index (Phi) is 4.33. The molecule has 0 spiro atoms. The van der Waals surface area contributed by atoms with E-state index in [2.05, 4.69) is 5.32 Å². The molecule has 1 heterocycles. The lowest BCUT2D eigenvalue weighted by atomic mass is 9.95. The van der Waals surface area contributed by atoms with Gasteiger partial charge in [0, 0.05) is 24.8 Å². The second-order valence-corrected chi connectivity index (χ2v) is 4.80. The molecule has 0 unspecified atom stereocenters. The summed E-state index contributed by atoms with van der Waals surface area (Å²) < 4.78 is 5.45. The summed E-state index contributed by atoms with van der Waals surface area (Å²) in [5, 5.41) is 2.96. The van der Waals surface area contributed by atoms with Gasteiger partial charge in [0.1, 0.15) is 0 Å². The summed E-state index contributed by atoms with van der Waals surface area (Å²) in [4.78, 5) is 12.1. The van der Waals surface area contributed by atoms with Gasteiger partial charge in [-0.3, -0.25) is 4.79 Å². The summed E-state index contributed by atoms with van der Waals surface area (Å²) in [5.41, 5.74) is 7.42. The number of hydrogen-bond acceptors (Lipinski definition) is 3. The predicted octanol–water partition coefficient (Wildman–Crippen LogP) is 1.90. The molecule has 3 N–H and O–H groups in total. The van der Waals surface area contributed by atoms with Crippen LogP contribution in [0.1, 0.15) is 25.3 Å². The Hall–Kier alpha value is -1.39. The summed E-state index contributed by atoms with van der Waals surface area (Å²) in [6.45, 7) is 3.16. The Morgan fingerprint density at radius 2 is 2.39 bits per heavy atom. The fourth-order valence-electron chi connectivity index (χ4n) is 2.26. The van der Waals surface area contributed by atoms with Crippen LogP contribution in [-0.2, 0) is 16.1 Å². The van der Waals surface area contributed by atoms with Crippen LogP contribution in [0.5, 0.6) is 0 Å². The molecule has 0 bridgehead atoms. The minimum atomic E-state index is 0.0512. The molecule has 0 radical (unpaired) electrons. The van der Waals surface area contributed by atoms with Crippen LogP contribution in [-0.4, -0.2) is 18.6 Å². The van der Waals surface area contributed by atoms with Crippen LogP contribution >= 0.6 is 0 Å². The first-order chi connectivity index (χ1) is 8.69. The van der Waals surface area contributed by atoms with E-state index in [9.17, 15) is 4.79 Å². The lowest BCUT2D eigenvalue weighted by Gasteiger charge is -2.26. The zero-order valence-corrected chi connectivity index (χ0v) is 10.7. The minimum absolute atomic E-state index is 0.0512. The van der Waals surface area contributed by atoms with E-state index in [1.165, 1.54) is 0 Å². The minimum Gasteiger partial charge on any atom is -0.378 e. The van der Waals surface area contributed by atoms with Gasteiger partial charge < -0.3 is 15.8 Å². The number of nitrogens with one attached hydrogen (secondary N) is 1. The highest BCUT2D eigenvalue weighted by atomic mass is 16.5. The number of ether oxygens (including phenoxy) is 1. The van der Waals surface area contributed by atoms with Crippen molar-refractivity contribution in [1.82, 2.24) is 0 Å².